The van der Waals surface area contributed by atoms with E-state index in [0.717, 1.165) is 15.8 Å². The number of hydrogen-bond acceptors (Lipinski definition) is 7. The third-order valence-electron chi connectivity index (χ3n) is 2.60. The summed E-state index contributed by atoms with van der Waals surface area (Å²) in [4.78, 5) is 21.5. The predicted octanol–water partition coefficient (Wildman–Crippen LogP) is 2.10. The number of hydrazine groups is 1. The van der Waals surface area contributed by atoms with E-state index in [1.807, 2.05) is 20.8 Å². The van der Waals surface area contributed by atoms with Gasteiger partial charge in [-0.15, -0.1) is 11.3 Å². The first kappa shape index (κ1) is 13.7. The molecule has 0 bridgehead atoms. The number of carbonyl (C=O) groups excluding carboxylic acids is 1. The Morgan fingerprint density at radius 1 is 1.53 bits per heavy atom. The van der Waals surface area contributed by atoms with Crippen molar-refractivity contribution in [3.63, 3.8) is 0 Å². The molecule has 0 aliphatic carbocycles. The molecule has 0 atom stereocenters. The van der Waals surface area contributed by atoms with Crippen LogP contribution in [0, 0.1) is 12.8 Å². The summed E-state index contributed by atoms with van der Waals surface area (Å²) in [6, 6.07) is 0. The standard InChI is InChI=1S/C12H16N4O2S/c1-6(2)4-18-12(17)9-7(3)8-10(16-13)14-5-15-11(8)19-9/h5-6H,4,13H2,1-3H3,(H,14,15,16). The van der Waals surface area contributed by atoms with Gasteiger partial charge in [-0.2, -0.15) is 0 Å². The minimum absolute atomic E-state index is 0.305. The van der Waals surface area contributed by atoms with Gasteiger partial charge in [0.25, 0.3) is 0 Å². The predicted molar refractivity (Wildman–Crippen MR) is 75.1 cm³/mol. The molecule has 0 fully saturated rings. The number of nitrogen functional groups attached to an aromatic ring is 1. The Bertz CT molecular complexity index is 609. The van der Waals surface area contributed by atoms with Gasteiger partial charge in [0.05, 0.1) is 12.0 Å². The summed E-state index contributed by atoms with van der Waals surface area (Å²) < 4.78 is 5.25. The molecule has 19 heavy (non-hydrogen) atoms. The van der Waals surface area contributed by atoms with E-state index in [0.29, 0.717) is 23.2 Å². The van der Waals surface area contributed by atoms with Gasteiger partial charge in [0.15, 0.2) is 5.82 Å². The number of nitrogens with zero attached hydrogens (tertiary/aromatic N) is 2. The second-order valence-electron chi connectivity index (χ2n) is 4.60. The lowest BCUT2D eigenvalue weighted by atomic mass is 10.2. The smallest absolute Gasteiger partial charge is 0.348 e. The van der Waals surface area contributed by atoms with E-state index in [9.17, 15) is 4.79 Å². The maximum absolute atomic E-state index is 12.0. The van der Waals surface area contributed by atoms with Gasteiger partial charge in [-0.3, -0.25) is 0 Å². The number of carbonyl (C=O) groups is 1. The average molecular weight is 280 g/mol. The van der Waals surface area contributed by atoms with E-state index in [1.165, 1.54) is 17.7 Å². The molecule has 0 saturated heterocycles. The molecule has 2 heterocycles. The topological polar surface area (TPSA) is 90.1 Å². The fourth-order valence-electron chi connectivity index (χ4n) is 1.68. The molecular weight excluding hydrogens is 264 g/mol. The molecule has 2 aromatic heterocycles. The molecule has 0 spiro atoms. The Balaban J connectivity index is 2.40. The van der Waals surface area contributed by atoms with Crippen LogP contribution < -0.4 is 11.3 Å². The number of aryl methyl sites for hydroxylation is 1. The van der Waals surface area contributed by atoms with Crippen LogP contribution in [0.15, 0.2) is 6.33 Å². The van der Waals surface area contributed by atoms with Crippen LogP contribution in [0.25, 0.3) is 10.2 Å². The Morgan fingerprint density at radius 2 is 2.26 bits per heavy atom. The Kier molecular flexibility index (Phi) is 3.96. The van der Waals surface area contributed by atoms with Crippen LogP contribution >= 0.6 is 11.3 Å². The second-order valence-corrected chi connectivity index (χ2v) is 5.59. The summed E-state index contributed by atoms with van der Waals surface area (Å²) in [5.41, 5.74) is 3.31. The maximum Gasteiger partial charge on any atom is 0.348 e. The van der Waals surface area contributed by atoms with E-state index < -0.39 is 0 Å². The highest BCUT2D eigenvalue weighted by atomic mass is 32.1. The van der Waals surface area contributed by atoms with Crippen molar-refractivity contribution >= 4 is 33.3 Å². The number of esters is 1. The molecule has 6 nitrogen and oxygen atoms in total. The number of rotatable bonds is 4. The lowest BCUT2D eigenvalue weighted by molar-refractivity contribution is 0.0464. The molecule has 0 amide bonds. The summed E-state index contributed by atoms with van der Waals surface area (Å²) in [5.74, 6) is 5.92. The van der Waals surface area contributed by atoms with Gasteiger partial charge in [0.2, 0.25) is 0 Å². The monoisotopic (exact) mass is 280 g/mol. The molecule has 0 aliphatic rings. The van der Waals surface area contributed by atoms with Crippen molar-refractivity contribution in [3.05, 3.63) is 16.8 Å². The normalized spacial score (nSPS) is 11.0. The van der Waals surface area contributed by atoms with Gasteiger partial charge in [-0.05, 0) is 18.4 Å². The number of nitrogens with one attached hydrogen (secondary N) is 1. The first-order valence-electron chi connectivity index (χ1n) is 5.92. The molecule has 2 aromatic rings. The molecule has 102 valence electrons. The van der Waals surface area contributed by atoms with Crippen molar-refractivity contribution in [2.75, 3.05) is 12.0 Å². The van der Waals surface area contributed by atoms with E-state index in [-0.39, 0.29) is 5.97 Å². The van der Waals surface area contributed by atoms with Crippen molar-refractivity contribution in [1.29, 1.82) is 0 Å². The zero-order valence-corrected chi connectivity index (χ0v) is 11.9. The van der Waals surface area contributed by atoms with E-state index in [2.05, 4.69) is 15.4 Å². The van der Waals surface area contributed by atoms with Gasteiger partial charge in [-0.1, -0.05) is 13.8 Å². The summed E-state index contributed by atoms with van der Waals surface area (Å²) in [5, 5.41) is 0.770. The molecule has 0 aliphatic heterocycles. The lowest BCUT2D eigenvalue weighted by Crippen LogP contribution is -2.10. The van der Waals surface area contributed by atoms with Gasteiger partial charge < -0.3 is 10.2 Å². The largest absolute Gasteiger partial charge is 0.461 e. The molecule has 0 saturated carbocycles. The zero-order valence-electron chi connectivity index (χ0n) is 11.1. The number of thiophene rings is 1. The van der Waals surface area contributed by atoms with E-state index in [1.54, 1.807) is 0 Å². The van der Waals surface area contributed by atoms with Crippen LogP contribution in [0.4, 0.5) is 5.82 Å². The molecule has 0 radical (unpaired) electrons. The summed E-state index contributed by atoms with van der Waals surface area (Å²) >= 11 is 1.29. The van der Waals surface area contributed by atoms with Gasteiger partial charge in [0, 0.05) is 0 Å². The highest BCUT2D eigenvalue weighted by molar-refractivity contribution is 7.20. The summed E-state index contributed by atoms with van der Waals surface area (Å²) in [6.45, 7) is 6.23. The Labute approximate surface area is 115 Å². The third-order valence-corrected chi connectivity index (χ3v) is 3.78. The van der Waals surface area contributed by atoms with Crippen molar-refractivity contribution in [2.24, 2.45) is 11.8 Å². The van der Waals surface area contributed by atoms with Crippen LogP contribution in [0.2, 0.25) is 0 Å². The van der Waals surface area contributed by atoms with Gasteiger partial charge in [0.1, 0.15) is 16.0 Å². The maximum atomic E-state index is 12.0. The highest BCUT2D eigenvalue weighted by Crippen LogP contribution is 2.33. The van der Waals surface area contributed by atoms with Crippen LogP contribution in [-0.2, 0) is 4.74 Å². The fraction of sp³-hybridized carbons (Fsp3) is 0.417. The lowest BCUT2D eigenvalue weighted by Gasteiger charge is -2.06. The number of fused-ring (bicyclic) bond motifs is 1. The van der Waals surface area contributed by atoms with Crippen LogP contribution in [0.3, 0.4) is 0 Å². The molecule has 2 rings (SSSR count). The summed E-state index contributed by atoms with van der Waals surface area (Å²) in [6.07, 6.45) is 1.41. The third kappa shape index (κ3) is 2.66. The number of ether oxygens (including phenoxy) is 1. The van der Waals surface area contributed by atoms with E-state index >= 15 is 0 Å². The van der Waals surface area contributed by atoms with E-state index in [4.69, 9.17) is 10.6 Å². The number of nitrogens with two attached hydrogens (primary N) is 1. The molecule has 0 aromatic carbocycles. The number of aromatic nitrogens is 2. The minimum Gasteiger partial charge on any atom is -0.461 e. The first-order chi connectivity index (χ1) is 9.04. The van der Waals surface area contributed by atoms with Crippen molar-refractivity contribution in [2.45, 2.75) is 20.8 Å². The number of hydrogen-bond donors (Lipinski definition) is 2. The molecular formula is C12H16N4O2S. The van der Waals surface area contributed by atoms with Gasteiger partial charge in [-0.25, -0.2) is 20.6 Å². The van der Waals surface area contributed by atoms with Gasteiger partial charge >= 0.3 is 5.97 Å². The minimum atomic E-state index is -0.322. The zero-order chi connectivity index (χ0) is 14.0. The Hall–Kier alpha value is -1.73. The molecule has 3 N–H and O–H groups in total. The second kappa shape index (κ2) is 5.50. The average Bonchev–Trinajstić information content (AvgIpc) is 2.73. The van der Waals surface area contributed by atoms with Crippen LogP contribution in [0.5, 0.6) is 0 Å². The van der Waals surface area contributed by atoms with Crippen molar-refractivity contribution in [3.8, 4) is 0 Å². The molecule has 0 unspecified atom stereocenters. The number of anilines is 1. The quantitative estimate of drug-likeness (QED) is 0.506. The van der Waals surface area contributed by atoms with Crippen LogP contribution in [-0.4, -0.2) is 22.5 Å². The Morgan fingerprint density at radius 3 is 2.89 bits per heavy atom. The van der Waals surface area contributed by atoms with Crippen molar-refractivity contribution < 1.29 is 9.53 Å². The SMILES string of the molecule is Cc1c(C(=O)OCC(C)C)sc2ncnc(NN)c12. The summed E-state index contributed by atoms with van der Waals surface area (Å²) in [7, 11) is 0. The molecule has 7 heteroatoms. The highest BCUT2D eigenvalue weighted by Gasteiger charge is 2.20. The van der Waals surface area contributed by atoms with Crippen LogP contribution in [0.1, 0.15) is 29.1 Å². The fourth-order valence-corrected chi connectivity index (χ4v) is 2.73. The van der Waals surface area contributed by atoms with Crippen molar-refractivity contribution in [1.82, 2.24) is 9.97 Å². The first-order valence-corrected chi connectivity index (χ1v) is 6.74.